The van der Waals surface area contributed by atoms with Crippen molar-refractivity contribution in [3.05, 3.63) is 29.8 Å². The highest BCUT2D eigenvalue weighted by atomic mass is 16.5. The summed E-state index contributed by atoms with van der Waals surface area (Å²) in [4.78, 5) is 23.6. The van der Waals surface area contributed by atoms with E-state index in [-0.39, 0.29) is 11.8 Å². The fourth-order valence-electron chi connectivity index (χ4n) is 2.37. The molecule has 0 aromatic heterocycles. The molecular formula is C16H21NO4. The number of nitrogens with one attached hydrogen (secondary N) is 1. The van der Waals surface area contributed by atoms with Gasteiger partial charge in [-0.3, -0.25) is 4.79 Å². The van der Waals surface area contributed by atoms with E-state index in [0.717, 1.165) is 5.56 Å². The number of anilines is 1. The Labute approximate surface area is 124 Å². The Morgan fingerprint density at radius 3 is 2.29 bits per heavy atom. The first-order valence-corrected chi connectivity index (χ1v) is 7.05. The standard InChI is InChI=1S/C16H21NO4/c1-15(2,3)11-5-7-12(8-6-11)17-13(18)16(14(19)20)9-4-10-21-16/h5-8H,4,9-10H2,1-3H3,(H,17,18)(H,19,20). The molecule has 1 aromatic rings. The number of carboxylic acids is 1. The van der Waals surface area contributed by atoms with Gasteiger partial charge in [0.2, 0.25) is 5.60 Å². The van der Waals surface area contributed by atoms with Crippen molar-refractivity contribution in [3.63, 3.8) is 0 Å². The number of carbonyl (C=O) groups is 2. The number of hydrogen-bond acceptors (Lipinski definition) is 3. The Bertz CT molecular complexity index is 536. The molecule has 2 rings (SSSR count). The molecule has 5 nitrogen and oxygen atoms in total. The van der Waals surface area contributed by atoms with Gasteiger partial charge in [-0.1, -0.05) is 32.9 Å². The van der Waals surface area contributed by atoms with Crippen LogP contribution in [0.1, 0.15) is 39.2 Å². The number of hydrogen-bond donors (Lipinski definition) is 2. The van der Waals surface area contributed by atoms with Crippen molar-refractivity contribution in [2.75, 3.05) is 11.9 Å². The summed E-state index contributed by atoms with van der Waals surface area (Å²) in [5.74, 6) is -1.85. The van der Waals surface area contributed by atoms with Crippen LogP contribution in [0, 0.1) is 0 Å². The second kappa shape index (κ2) is 5.48. The van der Waals surface area contributed by atoms with Crippen molar-refractivity contribution >= 4 is 17.6 Å². The van der Waals surface area contributed by atoms with Crippen molar-refractivity contribution in [1.29, 1.82) is 0 Å². The quantitative estimate of drug-likeness (QED) is 0.839. The fraction of sp³-hybridized carbons (Fsp3) is 0.500. The average Bonchev–Trinajstić information content (AvgIpc) is 2.89. The number of aliphatic carboxylic acids is 1. The molecule has 2 N–H and O–H groups in total. The summed E-state index contributed by atoms with van der Waals surface area (Å²) in [5.41, 5.74) is -0.00285. The second-order valence-electron chi connectivity index (χ2n) is 6.37. The minimum Gasteiger partial charge on any atom is -0.479 e. The van der Waals surface area contributed by atoms with Crippen LogP contribution in [0.15, 0.2) is 24.3 Å². The average molecular weight is 291 g/mol. The van der Waals surface area contributed by atoms with Crippen LogP contribution in [0.25, 0.3) is 0 Å². The summed E-state index contributed by atoms with van der Waals surface area (Å²) in [6.45, 7) is 6.60. The molecule has 0 radical (unpaired) electrons. The molecule has 21 heavy (non-hydrogen) atoms. The summed E-state index contributed by atoms with van der Waals surface area (Å²) in [6, 6.07) is 7.42. The maximum absolute atomic E-state index is 12.2. The molecule has 1 aliphatic heterocycles. The number of carbonyl (C=O) groups excluding carboxylic acids is 1. The van der Waals surface area contributed by atoms with Gasteiger partial charge in [0.05, 0.1) is 0 Å². The van der Waals surface area contributed by atoms with Gasteiger partial charge in [-0.25, -0.2) is 4.79 Å². The van der Waals surface area contributed by atoms with Crippen molar-refractivity contribution in [2.45, 2.75) is 44.6 Å². The molecule has 1 atom stereocenters. The van der Waals surface area contributed by atoms with Gasteiger partial charge in [0.15, 0.2) is 0 Å². The van der Waals surface area contributed by atoms with Crippen LogP contribution in [0.5, 0.6) is 0 Å². The number of amides is 1. The number of ether oxygens (including phenoxy) is 1. The maximum Gasteiger partial charge on any atom is 0.345 e. The normalized spacial score (nSPS) is 22.0. The minimum atomic E-state index is -1.75. The van der Waals surface area contributed by atoms with E-state index in [1.54, 1.807) is 12.1 Å². The number of carboxylic acid groups (broad SMARTS) is 1. The van der Waals surface area contributed by atoms with E-state index in [2.05, 4.69) is 26.1 Å². The SMILES string of the molecule is CC(C)(C)c1ccc(NC(=O)C2(C(=O)O)CCCO2)cc1. The third kappa shape index (κ3) is 3.08. The molecule has 1 aliphatic rings. The van der Waals surface area contributed by atoms with Crippen molar-refractivity contribution in [1.82, 2.24) is 0 Å². The monoisotopic (exact) mass is 291 g/mol. The Balaban J connectivity index is 2.14. The number of benzene rings is 1. The highest BCUT2D eigenvalue weighted by Crippen LogP contribution is 2.28. The lowest BCUT2D eigenvalue weighted by Gasteiger charge is -2.23. The van der Waals surface area contributed by atoms with E-state index >= 15 is 0 Å². The molecule has 1 saturated heterocycles. The predicted octanol–water partition coefficient (Wildman–Crippen LogP) is 2.56. The molecule has 0 bridgehead atoms. The minimum absolute atomic E-state index is 0.0272. The Hall–Kier alpha value is -1.88. The van der Waals surface area contributed by atoms with Crippen LogP contribution in [-0.4, -0.2) is 29.2 Å². The van der Waals surface area contributed by atoms with E-state index in [1.165, 1.54) is 0 Å². The zero-order chi connectivity index (χ0) is 15.7. The van der Waals surface area contributed by atoms with Crippen LogP contribution in [-0.2, 0) is 19.7 Å². The molecule has 1 unspecified atom stereocenters. The van der Waals surface area contributed by atoms with Crippen LogP contribution < -0.4 is 5.32 Å². The van der Waals surface area contributed by atoms with Crippen molar-refractivity contribution < 1.29 is 19.4 Å². The van der Waals surface area contributed by atoms with Crippen molar-refractivity contribution in [3.8, 4) is 0 Å². The van der Waals surface area contributed by atoms with E-state index < -0.39 is 17.5 Å². The van der Waals surface area contributed by atoms with Gasteiger partial charge in [0.1, 0.15) is 0 Å². The summed E-state index contributed by atoms with van der Waals surface area (Å²) in [6.07, 6.45) is 0.775. The highest BCUT2D eigenvalue weighted by molar-refractivity contribution is 6.11. The molecule has 1 heterocycles. The maximum atomic E-state index is 12.2. The van der Waals surface area contributed by atoms with Crippen molar-refractivity contribution in [2.24, 2.45) is 0 Å². The van der Waals surface area contributed by atoms with Gasteiger partial charge < -0.3 is 15.2 Å². The zero-order valence-electron chi connectivity index (χ0n) is 12.6. The van der Waals surface area contributed by atoms with Crippen LogP contribution >= 0.6 is 0 Å². The summed E-state index contributed by atoms with van der Waals surface area (Å²) in [7, 11) is 0. The van der Waals surface area contributed by atoms with E-state index in [1.807, 2.05) is 12.1 Å². The fourth-order valence-corrected chi connectivity index (χ4v) is 2.37. The molecule has 1 aromatic carbocycles. The first-order chi connectivity index (χ1) is 9.75. The molecule has 1 amide bonds. The molecule has 0 saturated carbocycles. The van der Waals surface area contributed by atoms with Gasteiger partial charge in [0, 0.05) is 12.3 Å². The van der Waals surface area contributed by atoms with Gasteiger partial charge in [0.25, 0.3) is 5.91 Å². The smallest absolute Gasteiger partial charge is 0.345 e. The predicted molar refractivity (Wildman–Crippen MR) is 79.3 cm³/mol. The third-order valence-electron chi connectivity index (χ3n) is 3.74. The van der Waals surface area contributed by atoms with Gasteiger partial charge in [-0.2, -0.15) is 0 Å². The van der Waals surface area contributed by atoms with Crippen LogP contribution in [0.2, 0.25) is 0 Å². The largest absolute Gasteiger partial charge is 0.479 e. The van der Waals surface area contributed by atoms with E-state index in [0.29, 0.717) is 18.7 Å². The lowest BCUT2D eigenvalue weighted by atomic mass is 9.87. The Morgan fingerprint density at radius 2 is 1.86 bits per heavy atom. The molecule has 5 heteroatoms. The van der Waals surface area contributed by atoms with Gasteiger partial charge in [-0.05, 0) is 36.0 Å². The Kier molecular flexibility index (Phi) is 4.05. The highest BCUT2D eigenvalue weighted by Gasteiger charge is 2.50. The molecular weight excluding hydrogens is 270 g/mol. The molecule has 0 spiro atoms. The number of rotatable bonds is 3. The second-order valence-corrected chi connectivity index (χ2v) is 6.37. The molecule has 1 fully saturated rings. The van der Waals surface area contributed by atoms with Gasteiger partial charge in [-0.15, -0.1) is 0 Å². The van der Waals surface area contributed by atoms with Crippen LogP contribution in [0.4, 0.5) is 5.69 Å². The summed E-state index contributed by atoms with van der Waals surface area (Å²) >= 11 is 0. The van der Waals surface area contributed by atoms with E-state index in [4.69, 9.17) is 4.74 Å². The first-order valence-electron chi connectivity index (χ1n) is 7.05. The van der Waals surface area contributed by atoms with Gasteiger partial charge >= 0.3 is 5.97 Å². The van der Waals surface area contributed by atoms with E-state index in [9.17, 15) is 14.7 Å². The van der Waals surface area contributed by atoms with Crippen LogP contribution in [0.3, 0.4) is 0 Å². The summed E-state index contributed by atoms with van der Waals surface area (Å²) < 4.78 is 5.20. The lowest BCUT2D eigenvalue weighted by molar-refractivity contribution is -0.165. The topological polar surface area (TPSA) is 75.6 Å². The molecule has 0 aliphatic carbocycles. The first kappa shape index (κ1) is 15.5. The zero-order valence-corrected chi connectivity index (χ0v) is 12.6. The summed E-state index contributed by atoms with van der Waals surface area (Å²) in [5, 5.41) is 11.9. The third-order valence-corrected chi connectivity index (χ3v) is 3.74. The molecule has 114 valence electrons. The Morgan fingerprint density at radius 1 is 1.24 bits per heavy atom. The lowest BCUT2D eigenvalue weighted by Crippen LogP contribution is -2.49.